The van der Waals surface area contributed by atoms with Crippen molar-refractivity contribution in [2.24, 2.45) is 5.41 Å². The van der Waals surface area contributed by atoms with E-state index in [1.165, 1.54) is 4.68 Å². The van der Waals surface area contributed by atoms with Gasteiger partial charge < -0.3 is 10.6 Å². The highest BCUT2D eigenvalue weighted by Crippen LogP contribution is 2.31. The Morgan fingerprint density at radius 2 is 2.00 bits per heavy atom. The fourth-order valence-electron chi connectivity index (χ4n) is 1.80. The molecule has 7 nitrogen and oxygen atoms in total. The Hall–Kier alpha value is -1.63. The third-order valence-corrected chi connectivity index (χ3v) is 2.67. The maximum Gasteiger partial charge on any atom is 0.333 e. The molecule has 2 N–H and O–H groups in total. The maximum atomic E-state index is 11.1. The van der Waals surface area contributed by atoms with Gasteiger partial charge in [0.25, 0.3) is 0 Å². The van der Waals surface area contributed by atoms with Crippen molar-refractivity contribution in [2.75, 3.05) is 26.4 Å². The maximum absolute atomic E-state index is 11.1. The molecule has 1 aromatic rings. The van der Waals surface area contributed by atoms with Crippen LogP contribution in [0, 0.1) is 15.5 Å². The summed E-state index contributed by atoms with van der Waals surface area (Å²) in [5.74, 6) is 0.145. The molecule has 0 aliphatic heterocycles. The van der Waals surface area contributed by atoms with Crippen LogP contribution in [0.4, 0.5) is 11.5 Å². The second-order valence-electron chi connectivity index (χ2n) is 6.20. The molecule has 0 amide bonds. The predicted octanol–water partition coefficient (Wildman–Crippen LogP) is 1.52. The molecule has 1 aromatic heterocycles. The summed E-state index contributed by atoms with van der Waals surface area (Å²) in [7, 11) is 3.87. The second kappa shape index (κ2) is 5.56. The van der Waals surface area contributed by atoms with Gasteiger partial charge in [0.15, 0.2) is 0 Å². The van der Waals surface area contributed by atoms with E-state index in [1.807, 2.05) is 39.8 Å². The Balaban J connectivity index is 3.09. The summed E-state index contributed by atoms with van der Waals surface area (Å²) < 4.78 is 1.53. The van der Waals surface area contributed by atoms with Crippen molar-refractivity contribution < 1.29 is 4.92 Å². The van der Waals surface area contributed by atoms with Gasteiger partial charge in [0, 0.05) is 13.0 Å². The van der Waals surface area contributed by atoms with Crippen LogP contribution in [0.3, 0.4) is 0 Å². The molecule has 0 fully saturated rings. The van der Waals surface area contributed by atoms with Gasteiger partial charge in [-0.1, -0.05) is 20.8 Å². The molecule has 19 heavy (non-hydrogen) atoms. The fourth-order valence-corrected chi connectivity index (χ4v) is 1.80. The van der Waals surface area contributed by atoms with Gasteiger partial charge in [0.1, 0.15) is 5.69 Å². The van der Waals surface area contributed by atoms with E-state index in [2.05, 4.69) is 5.10 Å². The largest absolute Gasteiger partial charge is 0.378 e. The van der Waals surface area contributed by atoms with Crippen molar-refractivity contribution in [3.05, 3.63) is 15.8 Å². The molecule has 0 bridgehead atoms. The highest BCUT2D eigenvalue weighted by atomic mass is 16.6. The summed E-state index contributed by atoms with van der Waals surface area (Å²) in [5.41, 5.74) is 6.20. The number of rotatable bonds is 5. The lowest BCUT2D eigenvalue weighted by Crippen LogP contribution is -2.20. The zero-order valence-corrected chi connectivity index (χ0v) is 12.3. The molecule has 108 valence electrons. The summed E-state index contributed by atoms with van der Waals surface area (Å²) in [6.45, 7) is 7.34. The van der Waals surface area contributed by atoms with E-state index in [9.17, 15) is 10.1 Å². The van der Waals surface area contributed by atoms with Crippen LogP contribution in [0.2, 0.25) is 0 Å². The molecule has 1 heterocycles. The number of anilines is 1. The Morgan fingerprint density at radius 3 is 2.42 bits per heavy atom. The molecule has 1 rings (SSSR count). The first-order valence-electron chi connectivity index (χ1n) is 6.26. The molecule has 7 heteroatoms. The van der Waals surface area contributed by atoms with Gasteiger partial charge in [-0.05, 0) is 19.5 Å². The van der Waals surface area contributed by atoms with Crippen LogP contribution in [0.15, 0.2) is 0 Å². The lowest BCUT2D eigenvalue weighted by Gasteiger charge is -2.15. The quantitative estimate of drug-likeness (QED) is 0.646. The Bertz CT molecular complexity index is 459. The molecule has 0 atom stereocenters. The third-order valence-electron chi connectivity index (χ3n) is 2.67. The lowest BCUT2D eigenvalue weighted by atomic mass is 9.90. The minimum atomic E-state index is -0.435. The Morgan fingerprint density at radius 1 is 1.42 bits per heavy atom. The first-order valence-corrected chi connectivity index (χ1v) is 6.26. The first-order chi connectivity index (χ1) is 8.61. The summed E-state index contributed by atoms with van der Waals surface area (Å²) >= 11 is 0. The standard InChI is InChI=1S/C12H23N5O2/c1-12(2,3)8-9-10(17(18)19)11(13)16(14-9)7-6-15(4)5/h6-8,13H2,1-5H3. The van der Waals surface area contributed by atoms with E-state index < -0.39 is 4.92 Å². The van der Waals surface area contributed by atoms with Gasteiger partial charge in [0.2, 0.25) is 5.82 Å². The number of nitrogen functional groups attached to an aromatic ring is 1. The van der Waals surface area contributed by atoms with Crippen molar-refractivity contribution >= 4 is 11.5 Å². The summed E-state index contributed by atoms with van der Waals surface area (Å²) in [5, 5.41) is 15.5. The van der Waals surface area contributed by atoms with Crippen molar-refractivity contribution in [1.82, 2.24) is 14.7 Å². The van der Waals surface area contributed by atoms with Gasteiger partial charge in [0.05, 0.1) is 11.5 Å². The molecule has 0 aliphatic carbocycles. The monoisotopic (exact) mass is 269 g/mol. The number of nitrogens with zero attached hydrogens (tertiary/aromatic N) is 4. The average molecular weight is 269 g/mol. The van der Waals surface area contributed by atoms with E-state index in [1.54, 1.807) is 0 Å². The van der Waals surface area contributed by atoms with Crippen molar-refractivity contribution in [2.45, 2.75) is 33.7 Å². The van der Waals surface area contributed by atoms with Gasteiger partial charge in [-0.3, -0.25) is 10.1 Å². The topological polar surface area (TPSA) is 90.2 Å². The van der Waals surface area contributed by atoms with Crippen LogP contribution < -0.4 is 5.73 Å². The smallest absolute Gasteiger partial charge is 0.333 e. The fraction of sp³-hybridized carbons (Fsp3) is 0.750. The predicted molar refractivity (Wildman–Crippen MR) is 75.0 cm³/mol. The zero-order valence-electron chi connectivity index (χ0n) is 12.3. The molecule has 0 unspecified atom stereocenters. The van der Waals surface area contributed by atoms with E-state index in [0.717, 1.165) is 6.54 Å². The van der Waals surface area contributed by atoms with E-state index >= 15 is 0 Å². The highest BCUT2D eigenvalue weighted by molar-refractivity contribution is 5.56. The summed E-state index contributed by atoms with van der Waals surface area (Å²) in [6, 6.07) is 0. The number of hydrogen-bond acceptors (Lipinski definition) is 5. The minimum absolute atomic E-state index is 0.0475. The molecular formula is C12H23N5O2. The molecule has 0 saturated carbocycles. The lowest BCUT2D eigenvalue weighted by molar-refractivity contribution is -0.384. The van der Waals surface area contributed by atoms with Crippen molar-refractivity contribution in [1.29, 1.82) is 0 Å². The van der Waals surface area contributed by atoms with Crippen molar-refractivity contribution in [3.63, 3.8) is 0 Å². The van der Waals surface area contributed by atoms with E-state index in [4.69, 9.17) is 5.73 Å². The molecular weight excluding hydrogens is 246 g/mol. The van der Waals surface area contributed by atoms with Gasteiger partial charge in [-0.25, -0.2) is 4.68 Å². The van der Waals surface area contributed by atoms with E-state index in [0.29, 0.717) is 18.7 Å². The van der Waals surface area contributed by atoms with Crippen LogP contribution in [0.1, 0.15) is 26.5 Å². The van der Waals surface area contributed by atoms with Crippen LogP contribution in [0.5, 0.6) is 0 Å². The second-order valence-corrected chi connectivity index (χ2v) is 6.20. The van der Waals surface area contributed by atoms with Crippen LogP contribution in [-0.2, 0) is 13.0 Å². The summed E-state index contributed by atoms with van der Waals surface area (Å²) in [6.07, 6.45) is 0.530. The number of likely N-dealkylation sites (N-methyl/N-ethyl adjacent to an activating group) is 1. The molecule has 0 spiro atoms. The number of aromatic nitrogens is 2. The van der Waals surface area contributed by atoms with Crippen LogP contribution >= 0.6 is 0 Å². The van der Waals surface area contributed by atoms with Crippen LogP contribution in [0.25, 0.3) is 0 Å². The minimum Gasteiger partial charge on any atom is -0.378 e. The third kappa shape index (κ3) is 4.20. The number of nitro groups is 1. The molecule has 0 saturated heterocycles. The highest BCUT2D eigenvalue weighted by Gasteiger charge is 2.28. The van der Waals surface area contributed by atoms with Gasteiger partial charge in [-0.15, -0.1) is 0 Å². The molecule has 0 aliphatic rings. The number of nitrogens with two attached hydrogens (primary N) is 1. The molecule has 0 aromatic carbocycles. The number of hydrogen-bond donors (Lipinski definition) is 1. The van der Waals surface area contributed by atoms with Crippen LogP contribution in [-0.4, -0.2) is 40.2 Å². The van der Waals surface area contributed by atoms with Crippen molar-refractivity contribution in [3.8, 4) is 0 Å². The van der Waals surface area contributed by atoms with E-state index in [-0.39, 0.29) is 16.9 Å². The SMILES string of the molecule is CN(C)CCn1nc(CC(C)(C)C)c([N+](=O)[O-])c1N. The molecule has 0 radical (unpaired) electrons. The Labute approximate surface area is 113 Å². The van der Waals surface area contributed by atoms with Gasteiger partial charge in [-0.2, -0.15) is 5.10 Å². The zero-order chi connectivity index (χ0) is 14.8. The average Bonchev–Trinajstić information content (AvgIpc) is 2.49. The summed E-state index contributed by atoms with van der Waals surface area (Å²) in [4.78, 5) is 12.7. The van der Waals surface area contributed by atoms with Gasteiger partial charge >= 0.3 is 5.69 Å². The Kier molecular flexibility index (Phi) is 4.52. The first kappa shape index (κ1) is 15.4. The normalized spacial score (nSPS) is 12.1.